The average molecular weight is 390 g/mol. The Labute approximate surface area is 160 Å². The molecule has 0 aliphatic heterocycles. The first kappa shape index (κ1) is 19.2. The molecule has 3 aromatic heterocycles. The fraction of sp³-hybridized carbons (Fsp3) is 0.471. The van der Waals surface area contributed by atoms with E-state index in [4.69, 9.17) is 9.47 Å². The first-order valence-electron chi connectivity index (χ1n) is 8.31. The molecule has 0 fully saturated rings. The molecule has 3 heterocycles. The quantitative estimate of drug-likeness (QED) is 0.714. The van der Waals surface area contributed by atoms with Crippen molar-refractivity contribution in [1.29, 1.82) is 0 Å². The van der Waals surface area contributed by atoms with Crippen molar-refractivity contribution in [1.82, 2.24) is 24.7 Å². The van der Waals surface area contributed by atoms with Crippen LogP contribution in [-0.4, -0.2) is 44.9 Å². The monoisotopic (exact) mass is 390 g/mol. The van der Waals surface area contributed by atoms with Crippen molar-refractivity contribution in [2.75, 3.05) is 19.5 Å². The minimum Gasteiger partial charge on any atom is -0.480 e. The summed E-state index contributed by atoms with van der Waals surface area (Å²) in [5, 5.41) is 7.76. The number of nitrogens with zero attached hydrogens (tertiary/aromatic N) is 5. The van der Waals surface area contributed by atoms with E-state index in [1.807, 2.05) is 27.7 Å². The predicted octanol–water partition coefficient (Wildman–Crippen LogP) is 2.75. The second kappa shape index (κ2) is 7.20. The highest BCUT2D eigenvalue weighted by Gasteiger charge is 2.24. The number of fused-ring (bicyclic) bond motifs is 1. The lowest BCUT2D eigenvalue weighted by Crippen LogP contribution is -2.27. The van der Waals surface area contributed by atoms with E-state index < -0.39 is 0 Å². The molecule has 0 atom stereocenters. The van der Waals surface area contributed by atoms with Gasteiger partial charge >= 0.3 is 0 Å². The van der Waals surface area contributed by atoms with E-state index in [-0.39, 0.29) is 18.1 Å². The summed E-state index contributed by atoms with van der Waals surface area (Å²) >= 11 is 1.28. The Balaban J connectivity index is 2.01. The molecular formula is C17H22N6O3S. The third-order valence-corrected chi connectivity index (χ3v) is 5.07. The summed E-state index contributed by atoms with van der Waals surface area (Å²) in [6, 6.07) is 0. The van der Waals surface area contributed by atoms with Gasteiger partial charge in [-0.2, -0.15) is 15.1 Å². The zero-order chi connectivity index (χ0) is 19.8. The van der Waals surface area contributed by atoms with E-state index in [1.165, 1.54) is 17.7 Å². The molecule has 1 N–H and O–H groups in total. The van der Waals surface area contributed by atoms with E-state index in [2.05, 4.69) is 25.4 Å². The van der Waals surface area contributed by atoms with Gasteiger partial charge in [-0.05, 0) is 33.3 Å². The van der Waals surface area contributed by atoms with Crippen molar-refractivity contribution in [2.45, 2.75) is 39.8 Å². The lowest BCUT2D eigenvalue weighted by molar-refractivity contribution is 0.102. The van der Waals surface area contributed by atoms with E-state index in [1.54, 1.807) is 18.9 Å². The SMILES string of the molecule is COCc1nc(OC)c2c(C)c(C(=O)Nc3ncnn3C(C)(C)C)sc2n1. The van der Waals surface area contributed by atoms with Gasteiger partial charge in [0, 0.05) is 7.11 Å². The normalized spacial score (nSPS) is 11.8. The molecule has 0 aliphatic carbocycles. The van der Waals surface area contributed by atoms with Crippen LogP contribution in [0, 0.1) is 6.92 Å². The Kier molecular flexibility index (Phi) is 5.11. The Morgan fingerprint density at radius 1 is 1.30 bits per heavy atom. The predicted molar refractivity (Wildman–Crippen MR) is 102 cm³/mol. The Hall–Kier alpha value is -2.59. The van der Waals surface area contributed by atoms with Gasteiger partial charge in [-0.3, -0.25) is 10.1 Å². The lowest BCUT2D eigenvalue weighted by atomic mass is 10.1. The molecule has 0 unspecified atom stereocenters. The highest BCUT2D eigenvalue weighted by Crippen LogP contribution is 2.35. The van der Waals surface area contributed by atoms with Crippen molar-refractivity contribution in [3.63, 3.8) is 0 Å². The summed E-state index contributed by atoms with van der Waals surface area (Å²) in [5.74, 6) is 1.05. The van der Waals surface area contributed by atoms with Crippen molar-refractivity contribution < 1.29 is 14.3 Å². The maximum absolute atomic E-state index is 12.9. The van der Waals surface area contributed by atoms with Gasteiger partial charge in [0.2, 0.25) is 11.8 Å². The van der Waals surface area contributed by atoms with Crippen LogP contribution in [-0.2, 0) is 16.9 Å². The van der Waals surface area contributed by atoms with Gasteiger partial charge in [0.15, 0.2) is 5.82 Å². The number of ether oxygens (including phenoxy) is 2. The molecule has 9 nitrogen and oxygen atoms in total. The molecule has 0 bridgehead atoms. The molecule has 0 radical (unpaired) electrons. The fourth-order valence-electron chi connectivity index (χ4n) is 2.68. The van der Waals surface area contributed by atoms with Crippen LogP contribution < -0.4 is 10.1 Å². The second-order valence-electron chi connectivity index (χ2n) is 6.94. The van der Waals surface area contributed by atoms with Crippen LogP contribution in [0.25, 0.3) is 10.2 Å². The van der Waals surface area contributed by atoms with Gasteiger partial charge < -0.3 is 9.47 Å². The molecule has 0 saturated heterocycles. The Bertz CT molecular complexity index is 989. The number of rotatable bonds is 5. The van der Waals surface area contributed by atoms with Crippen molar-refractivity contribution in [2.24, 2.45) is 0 Å². The van der Waals surface area contributed by atoms with E-state index in [9.17, 15) is 4.79 Å². The molecule has 10 heteroatoms. The molecular weight excluding hydrogens is 368 g/mol. The molecule has 1 amide bonds. The number of aryl methyl sites for hydroxylation is 1. The first-order chi connectivity index (χ1) is 12.8. The molecule has 3 aromatic rings. The van der Waals surface area contributed by atoms with Crippen LogP contribution in [0.1, 0.15) is 41.8 Å². The molecule has 0 saturated carbocycles. The zero-order valence-electron chi connectivity index (χ0n) is 16.2. The summed E-state index contributed by atoms with van der Waals surface area (Å²) in [6.07, 6.45) is 1.42. The Morgan fingerprint density at radius 2 is 2.04 bits per heavy atom. The molecule has 0 aliphatic rings. The highest BCUT2D eigenvalue weighted by atomic mass is 32.1. The largest absolute Gasteiger partial charge is 0.480 e. The standard InChI is InChI=1S/C17H22N6O3S/c1-9-11-14(26-6)20-10(7-25-5)21-15(11)27-12(9)13(24)22-16-18-8-19-23(16)17(2,3)4/h8H,7H2,1-6H3,(H,18,19,22,24). The zero-order valence-corrected chi connectivity index (χ0v) is 17.0. The molecule has 144 valence electrons. The summed E-state index contributed by atoms with van der Waals surface area (Å²) in [7, 11) is 3.12. The Morgan fingerprint density at radius 3 is 2.67 bits per heavy atom. The summed E-state index contributed by atoms with van der Waals surface area (Å²) in [4.78, 5) is 27.1. The minimum absolute atomic E-state index is 0.263. The number of nitrogens with one attached hydrogen (secondary N) is 1. The number of hydrogen-bond acceptors (Lipinski definition) is 8. The maximum Gasteiger partial charge on any atom is 0.268 e. The minimum atomic E-state index is -0.307. The van der Waals surface area contributed by atoms with Gasteiger partial charge in [0.1, 0.15) is 17.8 Å². The first-order valence-corrected chi connectivity index (χ1v) is 9.12. The number of methoxy groups -OCH3 is 2. The van der Waals surface area contributed by atoms with E-state index in [0.29, 0.717) is 27.4 Å². The van der Waals surface area contributed by atoms with Crippen LogP contribution in [0.2, 0.25) is 0 Å². The average Bonchev–Trinajstić information content (AvgIpc) is 3.19. The van der Waals surface area contributed by atoms with Crippen LogP contribution >= 0.6 is 11.3 Å². The topological polar surface area (TPSA) is 104 Å². The molecule has 27 heavy (non-hydrogen) atoms. The van der Waals surface area contributed by atoms with Gasteiger partial charge in [0.05, 0.1) is 22.9 Å². The van der Waals surface area contributed by atoms with Gasteiger partial charge in [0.25, 0.3) is 5.91 Å². The van der Waals surface area contributed by atoms with Gasteiger partial charge in [-0.25, -0.2) is 9.67 Å². The molecule has 0 spiro atoms. The van der Waals surface area contributed by atoms with Crippen molar-refractivity contribution in [3.05, 3.63) is 22.6 Å². The number of thiophene rings is 1. The van der Waals surface area contributed by atoms with Crippen molar-refractivity contribution in [3.8, 4) is 5.88 Å². The van der Waals surface area contributed by atoms with Crippen LogP contribution in [0.3, 0.4) is 0 Å². The smallest absolute Gasteiger partial charge is 0.268 e. The number of hydrogen-bond donors (Lipinski definition) is 1. The third-order valence-electron chi connectivity index (χ3n) is 3.88. The van der Waals surface area contributed by atoms with E-state index >= 15 is 0 Å². The number of anilines is 1. The molecule has 0 aromatic carbocycles. The van der Waals surface area contributed by atoms with Crippen LogP contribution in [0.4, 0.5) is 5.95 Å². The van der Waals surface area contributed by atoms with Crippen LogP contribution in [0.5, 0.6) is 5.88 Å². The second-order valence-corrected chi connectivity index (χ2v) is 7.94. The summed E-state index contributed by atoms with van der Waals surface area (Å²) in [6.45, 7) is 8.07. The van der Waals surface area contributed by atoms with Crippen molar-refractivity contribution >= 4 is 33.4 Å². The number of carbonyl (C=O) groups excluding carboxylic acids is 1. The van der Waals surface area contributed by atoms with Gasteiger partial charge in [-0.1, -0.05) is 0 Å². The number of amides is 1. The number of aromatic nitrogens is 5. The van der Waals surface area contributed by atoms with Gasteiger partial charge in [-0.15, -0.1) is 11.3 Å². The molecule has 3 rings (SSSR count). The number of carbonyl (C=O) groups is 1. The maximum atomic E-state index is 12.9. The fourth-order valence-corrected chi connectivity index (χ4v) is 3.76. The highest BCUT2D eigenvalue weighted by molar-refractivity contribution is 7.20. The van der Waals surface area contributed by atoms with E-state index in [0.717, 1.165) is 10.9 Å². The third kappa shape index (κ3) is 3.62. The summed E-state index contributed by atoms with van der Waals surface area (Å²) < 4.78 is 12.2. The van der Waals surface area contributed by atoms with Crippen LogP contribution in [0.15, 0.2) is 6.33 Å². The summed E-state index contributed by atoms with van der Waals surface area (Å²) in [5.41, 5.74) is 0.452. The lowest BCUT2D eigenvalue weighted by Gasteiger charge is -2.20.